The molecule has 0 spiro atoms. The molecule has 0 saturated heterocycles. The lowest BCUT2D eigenvalue weighted by molar-refractivity contribution is -0.118. The molecule has 3 rings (SSSR count). The minimum Gasteiger partial charge on any atom is -0.484 e. The number of ether oxygens (including phenoxy) is 1. The Balaban J connectivity index is 1.72. The Kier molecular flexibility index (Phi) is 4.14. The number of aromatic nitrogens is 3. The van der Waals surface area contributed by atoms with Gasteiger partial charge in [0.2, 0.25) is 0 Å². The summed E-state index contributed by atoms with van der Waals surface area (Å²) in [5, 5.41) is 10.1. The lowest BCUT2D eigenvalue weighted by atomic mass is 10.2. The van der Waals surface area contributed by atoms with Gasteiger partial charge in [-0.1, -0.05) is 18.2 Å². The Labute approximate surface area is 134 Å². The van der Waals surface area contributed by atoms with Gasteiger partial charge in [0.05, 0.1) is 17.1 Å². The quantitative estimate of drug-likeness (QED) is 0.761. The summed E-state index contributed by atoms with van der Waals surface area (Å²) in [6, 6.07) is 13.1. The van der Waals surface area contributed by atoms with Gasteiger partial charge in [0.1, 0.15) is 11.4 Å². The number of rotatable bonds is 5. The van der Waals surface area contributed by atoms with Crippen molar-refractivity contribution in [3.63, 3.8) is 0 Å². The average molecular weight is 310 g/mol. The first kappa shape index (κ1) is 14.9. The van der Waals surface area contributed by atoms with Gasteiger partial charge >= 0.3 is 0 Å². The molecule has 2 N–H and O–H groups in total. The van der Waals surface area contributed by atoms with Crippen LogP contribution in [0.4, 0.5) is 5.69 Å². The maximum absolute atomic E-state index is 12.2. The molecule has 118 valence electrons. The van der Waals surface area contributed by atoms with Crippen LogP contribution in [0, 0.1) is 6.92 Å². The van der Waals surface area contributed by atoms with Crippen molar-refractivity contribution in [3.8, 4) is 17.1 Å². The van der Waals surface area contributed by atoms with Crippen LogP contribution >= 0.6 is 0 Å². The number of hydrogen-bond donors (Lipinski definition) is 2. The highest BCUT2D eigenvalue weighted by Crippen LogP contribution is 2.28. The van der Waals surface area contributed by atoms with E-state index in [4.69, 9.17) is 4.74 Å². The van der Waals surface area contributed by atoms with Crippen molar-refractivity contribution in [1.82, 2.24) is 14.8 Å². The number of amides is 1. The fraction of sp³-hybridized carbons (Fsp3) is 0.176. The lowest BCUT2D eigenvalue weighted by Crippen LogP contribution is -2.20. The van der Waals surface area contributed by atoms with Gasteiger partial charge in [-0.25, -0.2) is 0 Å². The number of aromatic amines is 1. The van der Waals surface area contributed by atoms with Gasteiger partial charge < -0.3 is 14.6 Å². The highest BCUT2D eigenvalue weighted by atomic mass is 16.5. The van der Waals surface area contributed by atoms with E-state index in [1.54, 1.807) is 0 Å². The van der Waals surface area contributed by atoms with E-state index in [1.807, 2.05) is 67.2 Å². The number of anilines is 1. The van der Waals surface area contributed by atoms with Crippen LogP contribution in [0.25, 0.3) is 11.4 Å². The van der Waals surface area contributed by atoms with Crippen LogP contribution in [0.3, 0.4) is 0 Å². The average Bonchev–Trinajstić information content (AvgIpc) is 3.13. The molecule has 1 amide bonds. The van der Waals surface area contributed by atoms with Gasteiger partial charge in [0.15, 0.2) is 6.61 Å². The normalized spacial score (nSPS) is 10.5. The standard InChI is InChI=1S/C17H18N4O2/c1-12-16(17(20-19-12)14-9-6-10-21(14)2)18-15(22)11-23-13-7-4-3-5-8-13/h3-10H,11H2,1-2H3,(H,18,22)(H,19,20). The van der Waals surface area contributed by atoms with Crippen LogP contribution < -0.4 is 10.1 Å². The van der Waals surface area contributed by atoms with Crippen LogP contribution in [0.15, 0.2) is 48.7 Å². The first-order valence-corrected chi connectivity index (χ1v) is 7.29. The fourth-order valence-corrected chi connectivity index (χ4v) is 2.32. The number of hydrogen-bond acceptors (Lipinski definition) is 3. The SMILES string of the molecule is Cc1[nH]nc(-c2cccn2C)c1NC(=O)COc1ccccc1. The zero-order valence-corrected chi connectivity index (χ0v) is 13.0. The molecule has 6 nitrogen and oxygen atoms in total. The van der Waals surface area contributed by atoms with E-state index in [0.717, 1.165) is 11.4 Å². The van der Waals surface area contributed by atoms with E-state index in [-0.39, 0.29) is 12.5 Å². The van der Waals surface area contributed by atoms with Gasteiger partial charge in [-0.2, -0.15) is 5.10 Å². The number of aryl methyl sites for hydroxylation is 2. The zero-order chi connectivity index (χ0) is 16.2. The molecule has 0 aliphatic carbocycles. The minimum atomic E-state index is -0.228. The van der Waals surface area contributed by atoms with Gasteiger partial charge in [-0.15, -0.1) is 0 Å². The monoisotopic (exact) mass is 310 g/mol. The summed E-state index contributed by atoms with van der Waals surface area (Å²) in [4.78, 5) is 12.2. The lowest BCUT2D eigenvalue weighted by Gasteiger charge is -2.09. The van der Waals surface area contributed by atoms with Crippen molar-refractivity contribution >= 4 is 11.6 Å². The molecule has 3 aromatic rings. The summed E-state index contributed by atoms with van der Waals surface area (Å²) >= 11 is 0. The Hall–Kier alpha value is -3.02. The Morgan fingerprint density at radius 1 is 1.26 bits per heavy atom. The molecule has 0 fully saturated rings. The van der Waals surface area contributed by atoms with E-state index in [2.05, 4.69) is 15.5 Å². The second-order valence-corrected chi connectivity index (χ2v) is 5.23. The summed E-state index contributed by atoms with van der Waals surface area (Å²) in [7, 11) is 1.93. The van der Waals surface area contributed by atoms with Crippen molar-refractivity contribution in [2.45, 2.75) is 6.92 Å². The molecule has 0 radical (unpaired) electrons. The molecule has 0 unspecified atom stereocenters. The number of carbonyl (C=O) groups is 1. The summed E-state index contributed by atoms with van der Waals surface area (Å²) < 4.78 is 7.41. The van der Waals surface area contributed by atoms with E-state index in [1.165, 1.54) is 0 Å². The molecule has 0 bridgehead atoms. The Bertz CT molecular complexity index is 805. The molecular weight excluding hydrogens is 292 g/mol. The van der Waals surface area contributed by atoms with Crippen molar-refractivity contribution in [3.05, 3.63) is 54.4 Å². The second-order valence-electron chi connectivity index (χ2n) is 5.23. The number of benzene rings is 1. The van der Waals surface area contributed by atoms with E-state index < -0.39 is 0 Å². The smallest absolute Gasteiger partial charge is 0.262 e. The molecule has 0 atom stereocenters. The van der Waals surface area contributed by atoms with Gasteiger partial charge in [-0.05, 0) is 31.2 Å². The highest BCUT2D eigenvalue weighted by Gasteiger charge is 2.16. The molecule has 0 aliphatic heterocycles. The van der Waals surface area contributed by atoms with Gasteiger partial charge in [0.25, 0.3) is 5.91 Å². The van der Waals surface area contributed by atoms with Gasteiger partial charge in [0, 0.05) is 13.2 Å². The molecule has 0 aliphatic rings. The number of H-pyrrole nitrogens is 1. The Morgan fingerprint density at radius 2 is 2.04 bits per heavy atom. The summed E-state index contributed by atoms with van der Waals surface area (Å²) in [5.74, 6) is 0.433. The van der Waals surface area contributed by atoms with E-state index in [0.29, 0.717) is 17.1 Å². The topological polar surface area (TPSA) is 71.9 Å². The maximum Gasteiger partial charge on any atom is 0.262 e. The molecular formula is C17H18N4O2. The number of para-hydroxylation sites is 1. The summed E-state index contributed by atoms with van der Waals surface area (Å²) in [6.45, 7) is 1.81. The fourth-order valence-electron chi connectivity index (χ4n) is 2.32. The summed E-state index contributed by atoms with van der Waals surface area (Å²) in [6.07, 6.45) is 1.93. The minimum absolute atomic E-state index is 0.0544. The third-order valence-corrected chi connectivity index (χ3v) is 3.51. The van der Waals surface area contributed by atoms with Crippen molar-refractivity contribution in [2.75, 3.05) is 11.9 Å². The zero-order valence-electron chi connectivity index (χ0n) is 13.0. The van der Waals surface area contributed by atoms with E-state index in [9.17, 15) is 4.79 Å². The number of carbonyl (C=O) groups excluding carboxylic acids is 1. The van der Waals surface area contributed by atoms with Crippen LogP contribution in [-0.4, -0.2) is 27.3 Å². The first-order chi connectivity index (χ1) is 11.1. The van der Waals surface area contributed by atoms with Crippen LogP contribution in [0.2, 0.25) is 0 Å². The van der Waals surface area contributed by atoms with E-state index >= 15 is 0 Å². The maximum atomic E-state index is 12.2. The molecule has 1 aromatic carbocycles. The van der Waals surface area contributed by atoms with Gasteiger partial charge in [-0.3, -0.25) is 9.89 Å². The molecule has 0 saturated carbocycles. The Morgan fingerprint density at radius 3 is 2.74 bits per heavy atom. The van der Waals surface area contributed by atoms with Crippen molar-refractivity contribution in [2.24, 2.45) is 7.05 Å². The summed E-state index contributed by atoms with van der Waals surface area (Å²) in [5.41, 5.74) is 3.11. The predicted molar refractivity (Wildman–Crippen MR) is 88.3 cm³/mol. The van der Waals surface area contributed by atoms with Crippen molar-refractivity contribution < 1.29 is 9.53 Å². The third-order valence-electron chi connectivity index (χ3n) is 3.51. The predicted octanol–water partition coefficient (Wildman–Crippen LogP) is 2.74. The molecule has 2 aromatic heterocycles. The highest BCUT2D eigenvalue weighted by molar-refractivity contribution is 5.96. The third kappa shape index (κ3) is 3.26. The van der Waals surface area contributed by atoms with Crippen LogP contribution in [0.5, 0.6) is 5.75 Å². The van der Waals surface area contributed by atoms with Crippen LogP contribution in [-0.2, 0) is 11.8 Å². The van der Waals surface area contributed by atoms with Crippen LogP contribution in [0.1, 0.15) is 5.69 Å². The number of nitrogens with one attached hydrogen (secondary N) is 2. The number of nitrogens with zero attached hydrogens (tertiary/aromatic N) is 2. The molecule has 2 heterocycles. The van der Waals surface area contributed by atoms with Crippen molar-refractivity contribution in [1.29, 1.82) is 0 Å². The molecule has 6 heteroatoms. The first-order valence-electron chi connectivity index (χ1n) is 7.29. The largest absolute Gasteiger partial charge is 0.484 e. The second kappa shape index (κ2) is 6.39. The molecule has 23 heavy (non-hydrogen) atoms.